The van der Waals surface area contributed by atoms with E-state index in [4.69, 9.17) is 4.74 Å². The molecule has 22 heavy (non-hydrogen) atoms. The lowest BCUT2D eigenvalue weighted by atomic mass is 10.1. The van der Waals surface area contributed by atoms with Crippen molar-refractivity contribution in [1.29, 1.82) is 0 Å². The van der Waals surface area contributed by atoms with Crippen LogP contribution in [0.2, 0.25) is 0 Å². The van der Waals surface area contributed by atoms with Gasteiger partial charge in [0, 0.05) is 11.6 Å². The van der Waals surface area contributed by atoms with Gasteiger partial charge in [-0.25, -0.2) is 4.79 Å². The van der Waals surface area contributed by atoms with Crippen molar-refractivity contribution in [3.63, 3.8) is 0 Å². The zero-order valence-corrected chi connectivity index (χ0v) is 12.8. The fourth-order valence-corrected chi connectivity index (χ4v) is 2.17. The first-order chi connectivity index (χ1) is 10.4. The summed E-state index contributed by atoms with van der Waals surface area (Å²) in [7, 11) is 0. The van der Waals surface area contributed by atoms with Gasteiger partial charge in [0.25, 0.3) is 5.69 Å². The van der Waals surface area contributed by atoms with Gasteiger partial charge in [0.1, 0.15) is 6.61 Å². The largest absolute Gasteiger partial charge is 0.457 e. The van der Waals surface area contributed by atoms with Crippen LogP contribution in [0.15, 0.2) is 36.4 Å². The normalized spacial score (nSPS) is 10.3. The third kappa shape index (κ3) is 3.49. The number of rotatable bonds is 4. The highest BCUT2D eigenvalue weighted by molar-refractivity contribution is 5.90. The van der Waals surface area contributed by atoms with E-state index >= 15 is 0 Å². The molecular formula is C17H17NO4. The molecule has 0 saturated heterocycles. The Hall–Kier alpha value is -2.69. The molecule has 0 bridgehead atoms. The molecule has 0 atom stereocenters. The Labute approximate surface area is 128 Å². The number of ether oxygens (including phenoxy) is 1. The van der Waals surface area contributed by atoms with Crippen LogP contribution in [0.4, 0.5) is 5.69 Å². The topological polar surface area (TPSA) is 69.4 Å². The van der Waals surface area contributed by atoms with Gasteiger partial charge >= 0.3 is 5.97 Å². The van der Waals surface area contributed by atoms with E-state index in [2.05, 4.69) is 0 Å². The summed E-state index contributed by atoms with van der Waals surface area (Å²) >= 11 is 0. The van der Waals surface area contributed by atoms with Gasteiger partial charge in [0.2, 0.25) is 0 Å². The van der Waals surface area contributed by atoms with Crippen LogP contribution in [0.1, 0.15) is 32.6 Å². The lowest BCUT2D eigenvalue weighted by Gasteiger charge is -2.09. The molecule has 0 unspecified atom stereocenters. The number of nitro groups is 1. The van der Waals surface area contributed by atoms with Crippen molar-refractivity contribution >= 4 is 11.7 Å². The molecule has 5 heteroatoms. The highest BCUT2D eigenvalue weighted by Crippen LogP contribution is 2.20. The molecule has 0 aromatic heterocycles. The average molecular weight is 299 g/mol. The third-order valence-corrected chi connectivity index (χ3v) is 3.49. The van der Waals surface area contributed by atoms with Crippen molar-refractivity contribution < 1.29 is 14.5 Å². The van der Waals surface area contributed by atoms with Gasteiger partial charge in [0.05, 0.1) is 10.5 Å². The first kappa shape index (κ1) is 15.7. The van der Waals surface area contributed by atoms with Crippen LogP contribution in [-0.4, -0.2) is 10.9 Å². The summed E-state index contributed by atoms with van der Waals surface area (Å²) in [5.74, 6) is -0.487. The van der Waals surface area contributed by atoms with Gasteiger partial charge in [-0.15, -0.1) is 0 Å². The lowest BCUT2D eigenvalue weighted by molar-refractivity contribution is -0.385. The van der Waals surface area contributed by atoms with E-state index in [1.165, 1.54) is 18.2 Å². The van der Waals surface area contributed by atoms with Crippen LogP contribution in [0.25, 0.3) is 0 Å². The molecule has 2 aromatic carbocycles. The highest BCUT2D eigenvalue weighted by atomic mass is 16.6. The molecule has 0 amide bonds. The summed E-state index contributed by atoms with van der Waals surface area (Å²) in [6.45, 7) is 5.71. The number of carbonyl (C=O) groups is 1. The Balaban J connectivity index is 2.11. The second-order valence-corrected chi connectivity index (χ2v) is 5.26. The second-order valence-electron chi connectivity index (χ2n) is 5.26. The summed E-state index contributed by atoms with van der Waals surface area (Å²) < 4.78 is 5.30. The van der Waals surface area contributed by atoms with Crippen LogP contribution in [0.5, 0.6) is 0 Å². The van der Waals surface area contributed by atoms with Crippen LogP contribution < -0.4 is 0 Å². The van der Waals surface area contributed by atoms with Gasteiger partial charge in [0.15, 0.2) is 0 Å². The number of aryl methyl sites for hydroxylation is 3. The zero-order valence-electron chi connectivity index (χ0n) is 12.8. The van der Waals surface area contributed by atoms with Crippen LogP contribution >= 0.6 is 0 Å². The SMILES string of the molecule is Cc1ccc(C)c(COC(=O)c2ccc([N+](=O)[O-])c(C)c2)c1. The molecule has 0 heterocycles. The fourth-order valence-electron chi connectivity index (χ4n) is 2.17. The van der Waals surface area contributed by atoms with E-state index in [1.54, 1.807) is 6.92 Å². The molecule has 2 aromatic rings. The number of nitro benzene ring substituents is 1. The molecule has 0 aliphatic carbocycles. The molecule has 0 radical (unpaired) electrons. The molecular weight excluding hydrogens is 282 g/mol. The molecule has 5 nitrogen and oxygen atoms in total. The minimum atomic E-state index is -0.487. The summed E-state index contributed by atoms with van der Waals surface area (Å²) in [6, 6.07) is 10.2. The van der Waals surface area contributed by atoms with Gasteiger partial charge in [-0.3, -0.25) is 10.1 Å². The maximum absolute atomic E-state index is 12.1. The Morgan fingerprint density at radius 3 is 2.45 bits per heavy atom. The van der Waals surface area contributed by atoms with E-state index in [0.29, 0.717) is 11.1 Å². The average Bonchev–Trinajstić information content (AvgIpc) is 2.47. The fraction of sp³-hybridized carbons (Fsp3) is 0.235. The number of benzene rings is 2. The highest BCUT2D eigenvalue weighted by Gasteiger charge is 2.15. The predicted molar refractivity (Wildman–Crippen MR) is 82.9 cm³/mol. The zero-order chi connectivity index (χ0) is 16.3. The van der Waals surface area contributed by atoms with Crippen molar-refractivity contribution in [2.75, 3.05) is 0 Å². The van der Waals surface area contributed by atoms with Gasteiger partial charge in [-0.1, -0.05) is 23.8 Å². The van der Waals surface area contributed by atoms with Gasteiger partial charge < -0.3 is 4.74 Å². The van der Waals surface area contributed by atoms with Gasteiger partial charge in [-0.2, -0.15) is 0 Å². The molecule has 0 N–H and O–H groups in total. The number of hydrogen-bond donors (Lipinski definition) is 0. The minimum Gasteiger partial charge on any atom is -0.457 e. The maximum atomic E-state index is 12.1. The van der Waals surface area contributed by atoms with Crippen molar-refractivity contribution in [2.45, 2.75) is 27.4 Å². The third-order valence-electron chi connectivity index (χ3n) is 3.49. The van der Waals surface area contributed by atoms with E-state index in [0.717, 1.165) is 16.7 Å². The second kappa shape index (κ2) is 6.39. The van der Waals surface area contributed by atoms with Crippen molar-refractivity contribution in [2.24, 2.45) is 0 Å². The number of carbonyl (C=O) groups excluding carboxylic acids is 1. The van der Waals surface area contributed by atoms with Crippen LogP contribution in [0, 0.1) is 30.9 Å². The lowest BCUT2D eigenvalue weighted by Crippen LogP contribution is -2.07. The monoisotopic (exact) mass is 299 g/mol. The Morgan fingerprint density at radius 1 is 1.09 bits per heavy atom. The van der Waals surface area contributed by atoms with Crippen molar-refractivity contribution in [3.05, 3.63) is 74.3 Å². The van der Waals surface area contributed by atoms with Crippen molar-refractivity contribution in [1.82, 2.24) is 0 Å². The van der Waals surface area contributed by atoms with Crippen LogP contribution in [0.3, 0.4) is 0 Å². The minimum absolute atomic E-state index is 0.00826. The standard InChI is InChI=1S/C17H17NO4/c1-11-4-5-12(2)15(8-11)10-22-17(19)14-6-7-16(18(20)21)13(3)9-14/h4-9H,10H2,1-3H3. The van der Waals surface area contributed by atoms with E-state index in [-0.39, 0.29) is 12.3 Å². The number of esters is 1. The molecule has 0 aliphatic rings. The first-order valence-corrected chi connectivity index (χ1v) is 6.87. The Kier molecular flexibility index (Phi) is 4.56. The summed E-state index contributed by atoms with van der Waals surface area (Å²) in [4.78, 5) is 22.4. The number of hydrogen-bond acceptors (Lipinski definition) is 4. The molecule has 0 saturated carbocycles. The molecule has 114 valence electrons. The Bertz CT molecular complexity index is 737. The number of nitrogens with zero attached hydrogens (tertiary/aromatic N) is 1. The summed E-state index contributed by atoms with van der Waals surface area (Å²) in [6.07, 6.45) is 0. The first-order valence-electron chi connectivity index (χ1n) is 6.87. The van der Waals surface area contributed by atoms with Gasteiger partial charge in [-0.05, 0) is 44.0 Å². The molecule has 0 aliphatic heterocycles. The van der Waals surface area contributed by atoms with Crippen molar-refractivity contribution in [3.8, 4) is 0 Å². The predicted octanol–water partition coefficient (Wildman–Crippen LogP) is 3.88. The summed E-state index contributed by atoms with van der Waals surface area (Å²) in [5, 5.41) is 10.8. The van der Waals surface area contributed by atoms with E-state index in [1.807, 2.05) is 32.0 Å². The summed E-state index contributed by atoms with van der Waals surface area (Å²) in [5.41, 5.74) is 3.85. The van der Waals surface area contributed by atoms with Crippen LogP contribution in [-0.2, 0) is 11.3 Å². The quantitative estimate of drug-likeness (QED) is 0.488. The molecule has 2 rings (SSSR count). The smallest absolute Gasteiger partial charge is 0.338 e. The molecule has 0 spiro atoms. The van der Waals surface area contributed by atoms with E-state index in [9.17, 15) is 14.9 Å². The Morgan fingerprint density at radius 2 is 1.82 bits per heavy atom. The maximum Gasteiger partial charge on any atom is 0.338 e. The molecule has 0 fully saturated rings. The van der Waals surface area contributed by atoms with E-state index < -0.39 is 10.9 Å².